The van der Waals surface area contributed by atoms with Crippen LogP contribution < -0.4 is 0 Å². The molecule has 0 aliphatic heterocycles. The minimum Gasteiger partial charge on any atom is -0.0616 e. The summed E-state index contributed by atoms with van der Waals surface area (Å²) in [6.07, 6.45) is 5.50. The number of hydrogen-bond donors (Lipinski definition) is 0. The maximum atomic E-state index is 3.56. The van der Waals surface area contributed by atoms with E-state index in [9.17, 15) is 0 Å². The van der Waals surface area contributed by atoms with Crippen LogP contribution in [0.25, 0.3) is 0 Å². The zero-order valence-corrected chi connectivity index (χ0v) is 10.1. The van der Waals surface area contributed by atoms with E-state index < -0.39 is 0 Å². The van der Waals surface area contributed by atoms with Crippen molar-refractivity contribution in [2.24, 2.45) is 5.92 Å². The van der Waals surface area contributed by atoms with Gasteiger partial charge in [0.05, 0.1) is 0 Å². The fourth-order valence-corrected chi connectivity index (χ4v) is 3.60. The Kier molecular flexibility index (Phi) is 1.82. The Labute approximate surface area is 93.8 Å². The van der Waals surface area contributed by atoms with Gasteiger partial charge in [0.15, 0.2) is 0 Å². The Morgan fingerprint density at radius 1 is 1.43 bits per heavy atom. The molecule has 2 aliphatic carbocycles. The molecule has 1 heteroatoms. The molecule has 2 aliphatic rings. The van der Waals surface area contributed by atoms with Crippen molar-refractivity contribution in [3.63, 3.8) is 0 Å². The lowest BCUT2D eigenvalue weighted by atomic mass is 9.79. The lowest BCUT2D eigenvalue weighted by Crippen LogP contribution is -2.17. The van der Waals surface area contributed by atoms with E-state index in [4.69, 9.17) is 0 Å². The molecule has 0 aromatic heterocycles. The lowest BCUT2D eigenvalue weighted by Gasteiger charge is -2.26. The normalized spacial score (nSPS) is 34.3. The first kappa shape index (κ1) is 8.96. The molecule has 14 heavy (non-hydrogen) atoms. The van der Waals surface area contributed by atoms with Crippen molar-refractivity contribution in [2.45, 2.75) is 38.0 Å². The van der Waals surface area contributed by atoms with E-state index in [0.29, 0.717) is 5.41 Å². The highest BCUT2D eigenvalue weighted by Crippen LogP contribution is 2.60. The molecule has 1 saturated carbocycles. The smallest absolute Gasteiger partial charge is 0.0178 e. The quantitative estimate of drug-likeness (QED) is 0.652. The second-order valence-corrected chi connectivity index (χ2v) is 5.83. The van der Waals surface area contributed by atoms with Crippen molar-refractivity contribution in [3.8, 4) is 0 Å². The zero-order chi connectivity index (χ0) is 9.76. The van der Waals surface area contributed by atoms with Crippen molar-refractivity contribution >= 4 is 15.9 Å². The number of aryl methyl sites for hydroxylation is 1. The van der Waals surface area contributed by atoms with Crippen molar-refractivity contribution in [1.29, 1.82) is 0 Å². The van der Waals surface area contributed by atoms with E-state index in [1.165, 1.54) is 30.2 Å². The van der Waals surface area contributed by atoms with Crippen LogP contribution in [-0.2, 0) is 11.8 Å². The minimum atomic E-state index is 0.592. The molecular weight excluding hydrogens is 236 g/mol. The highest BCUT2D eigenvalue weighted by atomic mass is 79.9. The molecule has 1 aromatic carbocycles. The first-order valence-corrected chi connectivity index (χ1v) is 6.30. The van der Waals surface area contributed by atoms with E-state index in [2.05, 4.69) is 41.1 Å². The third kappa shape index (κ3) is 1.11. The molecule has 0 bridgehead atoms. The van der Waals surface area contributed by atoms with E-state index in [1.54, 1.807) is 11.1 Å². The fraction of sp³-hybridized carbons (Fsp3) is 0.538. The van der Waals surface area contributed by atoms with Crippen LogP contribution in [0.1, 0.15) is 37.3 Å². The molecule has 1 fully saturated rings. The van der Waals surface area contributed by atoms with Crippen LogP contribution in [0.3, 0.4) is 0 Å². The molecule has 0 saturated heterocycles. The summed E-state index contributed by atoms with van der Waals surface area (Å²) >= 11 is 3.56. The predicted octanol–water partition coefficient (Wildman–Crippen LogP) is 4.06. The van der Waals surface area contributed by atoms with Crippen LogP contribution in [0.2, 0.25) is 0 Å². The molecule has 0 heterocycles. The number of rotatable bonds is 0. The molecule has 74 valence electrons. The van der Waals surface area contributed by atoms with Gasteiger partial charge < -0.3 is 0 Å². The van der Waals surface area contributed by atoms with Crippen LogP contribution in [0.15, 0.2) is 22.7 Å². The Bertz CT molecular complexity index is 383. The van der Waals surface area contributed by atoms with Crippen LogP contribution in [0.4, 0.5) is 0 Å². The van der Waals surface area contributed by atoms with Gasteiger partial charge in [-0.2, -0.15) is 0 Å². The van der Waals surface area contributed by atoms with Gasteiger partial charge in [0.1, 0.15) is 0 Å². The van der Waals surface area contributed by atoms with Gasteiger partial charge >= 0.3 is 0 Å². The molecule has 0 radical (unpaired) electrons. The monoisotopic (exact) mass is 250 g/mol. The molecule has 0 amide bonds. The molecule has 1 spiro atoms. The average Bonchev–Trinajstić information content (AvgIpc) is 2.77. The molecule has 1 aromatic rings. The third-order valence-corrected chi connectivity index (χ3v) is 4.62. The van der Waals surface area contributed by atoms with Gasteiger partial charge in [0.2, 0.25) is 0 Å². The number of hydrogen-bond acceptors (Lipinski definition) is 0. The second kappa shape index (κ2) is 2.85. The maximum Gasteiger partial charge on any atom is 0.0178 e. The second-order valence-electron chi connectivity index (χ2n) is 4.92. The fourth-order valence-electron chi connectivity index (χ4n) is 3.20. The highest BCUT2D eigenvalue weighted by molar-refractivity contribution is 9.10. The summed E-state index contributed by atoms with van der Waals surface area (Å²) < 4.78 is 1.24. The Morgan fingerprint density at radius 2 is 2.21 bits per heavy atom. The molecule has 0 nitrogen and oxygen atoms in total. The van der Waals surface area contributed by atoms with Gasteiger partial charge in [-0.05, 0) is 60.3 Å². The van der Waals surface area contributed by atoms with Crippen LogP contribution >= 0.6 is 15.9 Å². The maximum absolute atomic E-state index is 3.56. The van der Waals surface area contributed by atoms with Gasteiger partial charge in [-0.1, -0.05) is 28.9 Å². The summed E-state index contributed by atoms with van der Waals surface area (Å²) in [4.78, 5) is 0. The summed E-state index contributed by atoms with van der Waals surface area (Å²) in [6, 6.07) is 6.88. The topological polar surface area (TPSA) is 0 Å². The van der Waals surface area contributed by atoms with Crippen molar-refractivity contribution < 1.29 is 0 Å². The van der Waals surface area contributed by atoms with E-state index >= 15 is 0 Å². The first-order chi connectivity index (χ1) is 6.72. The van der Waals surface area contributed by atoms with E-state index in [1.807, 2.05) is 0 Å². The van der Waals surface area contributed by atoms with E-state index in [-0.39, 0.29) is 0 Å². The highest BCUT2D eigenvalue weighted by Gasteiger charge is 2.53. The van der Waals surface area contributed by atoms with Gasteiger partial charge in [-0.3, -0.25) is 0 Å². The van der Waals surface area contributed by atoms with Crippen molar-refractivity contribution in [2.75, 3.05) is 0 Å². The third-order valence-electron chi connectivity index (χ3n) is 4.13. The summed E-state index contributed by atoms with van der Waals surface area (Å²) in [5.74, 6) is 0.919. The lowest BCUT2D eigenvalue weighted by molar-refractivity contribution is 0.508. The molecule has 0 N–H and O–H groups in total. The van der Waals surface area contributed by atoms with Gasteiger partial charge in [-0.25, -0.2) is 0 Å². The largest absolute Gasteiger partial charge is 0.0616 e. The van der Waals surface area contributed by atoms with E-state index in [0.717, 1.165) is 5.92 Å². The standard InChI is InChI=1S/C13H15Br/c1-9-8-13(9)6-2-3-10-7-11(14)4-5-12(10)13/h4-5,7,9H,2-3,6,8H2,1H3. The number of fused-ring (bicyclic) bond motifs is 2. The van der Waals surface area contributed by atoms with Gasteiger partial charge in [-0.15, -0.1) is 0 Å². The van der Waals surface area contributed by atoms with Gasteiger partial charge in [0.25, 0.3) is 0 Å². The minimum absolute atomic E-state index is 0.592. The number of benzene rings is 1. The molecule has 2 unspecified atom stereocenters. The van der Waals surface area contributed by atoms with Crippen molar-refractivity contribution in [1.82, 2.24) is 0 Å². The summed E-state index contributed by atoms with van der Waals surface area (Å²) in [5.41, 5.74) is 3.84. The Morgan fingerprint density at radius 3 is 2.93 bits per heavy atom. The summed E-state index contributed by atoms with van der Waals surface area (Å²) in [5, 5.41) is 0. The summed E-state index contributed by atoms with van der Waals surface area (Å²) in [6.45, 7) is 2.40. The Balaban J connectivity index is 2.12. The Hall–Kier alpha value is -0.300. The molecule has 3 rings (SSSR count). The molecular formula is C13H15Br. The first-order valence-electron chi connectivity index (χ1n) is 5.51. The SMILES string of the molecule is CC1CC12CCCc1cc(Br)ccc12. The summed E-state index contributed by atoms with van der Waals surface area (Å²) in [7, 11) is 0. The van der Waals surface area contributed by atoms with Crippen molar-refractivity contribution in [3.05, 3.63) is 33.8 Å². The van der Waals surface area contributed by atoms with Crippen LogP contribution in [-0.4, -0.2) is 0 Å². The average molecular weight is 251 g/mol. The zero-order valence-electron chi connectivity index (χ0n) is 8.52. The van der Waals surface area contributed by atoms with Gasteiger partial charge in [0, 0.05) is 4.47 Å². The van der Waals surface area contributed by atoms with Crippen LogP contribution in [0, 0.1) is 5.92 Å². The molecule has 2 atom stereocenters. The van der Waals surface area contributed by atoms with Crippen LogP contribution in [0.5, 0.6) is 0 Å². The predicted molar refractivity (Wildman–Crippen MR) is 62.5 cm³/mol. The number of halogens is 1.